The summed E-state index contributed by atoms with van der Waals surface area (Å²) in [5.41, 5.74) is 0.943. The molecule has 0 aliphatic rings. The van der Waals surface area contributed by atoms with Gasteiger partial charge in [0.05, 0.1) is 18.5 Å². The second-order valence-corrected chi connectivity index (χ2v) is 3.70. The average Bonchev–Trinajstić information content (AvgIpc) is 2.39. The van der Waals surface area contributed by atoms with Crippen LogP contribution in [0.2, 0.25) is 0 Å². The summed E-state index contributed by atoms with van der Waals surface area (Å²) >= 11 is 0. The standard InChI is InChI=1S/C13H12N2O3/c1-9-11(6-3-7-14-9)15-8-4-5-10(12(15)16)13(17)18-2/h3-8H,1-2H3. The molecule has 2 rings (SSSR count). The number of aryl methyl sites for hydroxylation is 1. The van der Waals surface area contributed by atoms with Crippen molar-refractivity contribution in [2.24, 2.45) is 0 Å². The SMILES string of the molecule is COC(=O)c1cccn(-c2cccnc2C)c1=O. The van der Waals surface area contributed by atoms with E-state index in [1.807, 2.05) is 0 Å². The van der Waals surface area contributed by atoms with E-state index in [1.165, 1.54) is 17.7 Å². The van der Waals surface area contributed by atoms with Gasteiger partial charge in [-0.2, -0.15) is 0 Å². The maximum Gasteiger partial charge on any atom is 0.343 e. The van der Waals surface area contributed by atoms with E-state index in [9.17, 15) is 9.59 Å². The third-order valence-corrected chi connectivity index (χ3v) is 2.59. The quantitative estimate of drug-likeness (QED) is 0.748. The van der Waals surface area contributed by atoms with Gasteiger partial charge in [-0.3, -0.25) is 14.3 Å². The van der Waals surface area contributed by atoms with Crippen molar-refractivity contribution in [2.75, 3.05) is 7.11 Å². The second-order valence-electron chi connectivity index (χ2n) is 3.70. The first-order valence-electron chi connectivity index (χ1n) is 5.37. The Bertz CT molecular complexity index is 647. The van der Waals surface area contributed by atoms with Crippen LogP contribution in [0, 0.1) is 6.92 Å². The van der Waals surface area contributed by atoms with Crippen molar-refractivity contribution in [1.82, 2.24) is 9.55 Å². The third kappa shape index (κ3) is 2.02. The highest BCUT2D eigenvalue weighted by Gasteiger charge is 2.13. The fourth-order valence-electron chi connectivity index (χ4n) is 1.68. The number of hydrogen-bond acceptors (Lipinski definition) is 4. The van der Waals surface area contributed by atoms with Crippen LogP contribution in [0.15, 0.2) is 41.5 Å². The first-order chi connectivity index (χ1) is 8.65. The van der Waals surface area contributed by atoms with Crippen molar-refractivity contribution in [2.45, 2.75) is 6.92 Å². The molecule has 18 heavy (non-hydrogen) atoms. The molecule has 5 nitrogen and oxygen atoms in total. The van der Waals surface area contributed by atoms with E-state index in [0.717, 1.165) is 0 Å². The molecule has 0 aliphatic carbocycles. The molecule has 0 atom stereocenters. The zero-order valence-electron chi connectivity index (χ0n) is 10.1. The molecular formula is C13H12N2O3. The predicted octanol–water partition coefficient (Wildman–Crippen LogP) is 1.33. The average molecular weight is 244 g/mol. The Labute approximate surface area is 104 Å². The molecule has 92 valence electrons. The van der Waals surface area contributed by atoms with Crippen molar-refractivity contribution in [1.29, 1.82) is 0 Å². The van der Waals surface area contributed by atoms with Gasteiger partial charge < -0.3 is 4.74 Å². The molecule has 0 aromatic carbocycles. The summed E-state index contributed by atoms with van der Waals surface area (Å²) in [6.45, 7) is 1.80. The van der Waals surface area contributed by atoms with Crippen LogP contribution in [0.25, 0.3) is 5.69 Å². The normalized spacial score (nSPS) is 10.1. The number of rotatable bonds is 2. The topological polar surface area (TPSA) is 61.2 Å². The lowest BCUT2D eigenvalue weighted by Crippen LogP contribution is -2.25. The molecule has 0 fully saturated rings. The van der Waals surface area contributed by atoms with E-state index in [0.29, 0.717) is 11.4 Å². The number of hydrogen-bond donors (Lipinski definition) is 0. The molecule has 0 bridgehead atoms. The van der Waals surface area contributed by atoms with Crippen LogP contribution in [0.3, 0.4) is 0 Å². The number of methoxy groups -OCH3 is 1. The second kappa shape index (κ2) is 4.83. The summed E-state index contributed by atoms with van der Waals surface area (Å²) in [4.78, 5) is 27.7. The summed E-state index contributed by atoms with van der Waals surface area (Å²) in [6, 6.07) is 6.57. The summed E-state index contributed by atoms with van der Waals surface area (Å²) in [5, 5.41) is 0. The van der Waals surface area contributed by atoms with Gasteiger partial charge in [0, 0.05) is 12.4 Å². The Hall–Kier alpha value is -2.43. The Morgan fingerprint density at radius 1 is 1.33 bits per heavy atom. The molecule has 0 spiro atoms. The molecule has 0 radical (unpaired) electrons. The van der Waals surface area contributed by atoms with E-state index in [1.54, 1.807) is 37.5 Å². The van der Waals surface area contributed by atoms with Crippen LogP contribution < -0.4 is 5.56 Å². The molecule has 0 amide bonds. The number of pyridine rings is 2. The Morgan fingerprint density at radius 2 is 2.11 bits per heavy atom. The Balaban J connectivity index is 2.64. The highest BCUT2D eigenvalue weighted by molar-refractivity contribution is 5.88. The van der Waals surface area contributed by atoms with Crippen LogP contribution in [-0.2, 0) is 4.74 Å². The van der Waals surface area contributed by atoms with Crippen molar-refractivity contribution < 1.29 is 9.53 Å². The van der Waals surface area contributed by atoms with Gasteiger partial charge in [-0.05, 0) is 31.2 Å². The van der Waals surface area contributed by atoms with E-state index < -0.39 is 11.5 Å². The molecule has 2 aromatic rings. The fraction of sp³-hybridized carbons (Fsp3) is 0.154. The number of aromatic nitrogens is 2. The molecule has 2 heterocycles. The van der Waals surface area contributed by atoms with Gasteiger partial charge in [0.25, 0.3) is 5.56 Å². The van der Waals surface area contributed by atoms with Crippen molar-refractivity contribution >= 4 is 5.97 Å². The van der Waals surface area contributed by atoms with Gasteiger partial charge >= 0.3 is 5.97 Å². The van der Waals surface area contributed by atoms with Gasteiger partial charge in [0.1, 0.15) is 5.56 Å². The Kier molecular flexibility index (Phi) is 3.23. The fourth-order valence-corrected chi connectivity index (χ4v) is 1.68. The minimum Gasteiger partial charge on any atom is -0.465 e. The highest BCUT2D eigenvalue weighted by Crippen LogP contribution is 2.08. The maximum atomic E-state index is 12.2. The zero-order chi connectivity index (χ0) is 13.1. The lowest BCUT2D eigenvalue weighted by Gasteiger charge is -2.08. The third-order valence-electron chi connectivity index (χ3n) is 2.59. The predicted molar refractivity (Wildman–Crippen MR) is 65.9 cm³/mol. The zero-order valence-corrected chi connectivity index (χ0v) is 10.1. The van der Waals surface area contributed by atoms with Crippen LogP contribution in [0.4, 0.5) is 0 Å². The molecule has 5 heteroatoms. The van der Waals surface area contributed by atoms with Crippen molar-refractivity contribution in [3.05, 3.63) is 58.3 Å². The molecule has 0 aliphatic heterocycles. The first kappa shape index (κ1) is 12.0. The molecular weight excluding hydrogens is 232 g/mol. The lowest BCUT2D eigenvalue weighted by atomic mass is 10.2. The first-order valence-corrected chi connectivity index (χ1v) is 5.37. The minimum atomic E-state index is -0.643. The van der Waals surface area contributed by atoms with Gasteiger partial charge in [-0.1, -0.05) is 0 Å². The largest absolute Gasteiger partial charge is 0.465 e. The highest BCUT2D eigenvalue weighted by atomic mass is 16.5. The lowest BCUT2D eigenvalue weighted by molar-refractivity contribution is 0.0598. The molecule has 0 saturated carbocycles. The molecule has 0 saturated heterocycles. The van der Waals surface area contributed by atoms with Crippen molar-refractivity contribution in [3.8, 4) is 5.69 Å². The van der Waals surface area contributed by atoms with Gasteiger partial charge in [0.2, 0.25) is 0 Å². The van der Waals surface area contributed by atoms with Crippen molar-refractivity contribution in [3.63, 3.8) is 0 Å². The van der Waals surface area contributed by atoms with E-state index in [-0.39, 0.29) is 5.56 Å². The smallest absolute Gasteiger partial charge is 0.343 e. The summed E-state index contributed by atoms with van der Waals surface area (Å²) in [5.74, 6) is -0.643. The Morgan fingerprint density at radius 3 is 2.78 bits per heavy atom. The summed E-state index contributed by atoms with van der Waals surface area (Å²) < 4.78 is 5.95. The van der Waals surface area contributed by atoms with Gasteiger partial charge in [-0.25, -0.2) is 4.79 Å². The number of esters is 1. The number of nitrogens with zero attached hydrogens (tertiary/aromatic N) is 2. The minimum absolute atomic E-state index is 0.00301. The van der Waals surface area contributed by atoms with E-state index in [2.05, 4.69) is 9.72 Å². The van der Waals surface area contributed by atoms with Crippen LogP contribution in [0.5, 0.6) is 0 Å². The van der Waals surface area contributed by atoms with E-state index >= 15 is 0 Å². The number of carbonyl (C=O) groups excluding carboxylic acids is 1. The van der Waals surface area contributed by atoms with E-state index in [4.69, 9.17) is 0 Å². The molecule has 0 unspecified atom stereocenters. The summed E-state index contributed by atoms with van der Waals surface area (Å²) in [7, 11) is 1.24. The van der Waals surface area contributed by atoms with Crippen LogP contribution in [0.1, 0.15) is 16.1 Å². The van der Waals surface area contributed by atoms with Crippen LogP contribution >= 0.6 is 0 Å². The number of ether oxygens (including phenoxy) is 1. The monoisotopic (exact) mass is 244 g/mol. The number of carbonyl (C=O) groups is 1. The molecule has 0 N–H and O–H groups in total. The van der Waals surface area contributed by atoms with Gasteiger partial charge in [-0.15, -0.1) is 0 Å². The molecule has 2 aromatic heterocycles. The maximum absolute atomic E-state index is 12.2. The van der Waals surface area contributed by atoms with Crippen LogP contribution in [-0.4, -0.2) is 22.6 Å². The summed E-state index contributed by atoms with van der Waals surface area (Å²) in [6.07, 6.45) is 3.24. The van der Waals surface area contributed by atoms with Gasteiger partial charge in [0.15, 0.2) is 0 Å².